The van der Waals surface area contributed by atoms with Crippen molar-refractivity contribution in [1.82, 2.24) is 4.31 Å². The van der Waals surface area contributed by atoms with Crippen LogP contribution in [0, 0.1) is 18.7 Å². The number of halogens is 1. The molecule has 0 aliphatic carbocycles. The van der Waals surface area contributed by atoms with Gasteiger partial charge < -0.3 is 5.11 Å². The first-order valence-corrected chi connectivity index (χ1v) is 7.73. The van der Waals surface area contributed by atoms with Crippen LogP contribution in [0.4, 0.5) is 4.39 Å². The summed E-state index contributed by atoms with van der Waals surface area (Å²) in [6, 6.07) is 3.94. The molecule has 0 amide bonds. The predicted octanol–water partition coefficient (Wildman–Crippen LogP) is 1.62. The molecule has 1 saturated heterocycles. The van der Waals surface area contributed by atoms with Gasteiger partial charge in [0.25, 0.3) is 0 Å². The molecular weight excluding hydrogens is 285 g/mol. The lowest BCUT2D eigenvalue weighted by molar-refractivity contribution is -0.137. The van der Waals surface area contributed by atoms with Crippen LogP contribution in [0.2, 0.25) is 0 Å². The number of hydrogen-bond donors (Lipinski definition) is 1. The van der Waals surface area contributed by atoms with Gasteiger partial charge in [-0.05, 0) is 37.0 Å². The van der Waals surface area contributed by atoms with Crippen LogP contribution in [0.5, 0.6) is 0 Å². The van der Waals surface area contributed by atoms with Crippen LogP contribution in [0.3, 0.4) is 0 Å². The van der Waals surface area contributed by atoms with Gasteiger partial charge in [0.05, 0.1) is 0 Å². The third-order valence-corrected chi connectivity index (χ3v) is 5.30. The molecule has 1 unspecified atom stereocenters. The van der Waals surface area contributed by atoms with Crippen LogP contribution in [0.25, 0.3) is 0 Å². The molecule has 1 aliphatic rings. The molecule has 1 aromatic rings. The molecule has 1 aromatic carbocycles. The highest BCUT2D eigenvalue weighted by atomic mass is 32.2. The Morgan fingerprint density at radius 3 is 2.85 bits per heavy atom. The maximum Gasteiger partial charge on any atom is 0.303 e. The highest BCUT2D eigenvalue weighted by molar-refractivity contribution is 7.89. The molecule has 110 valence electrons. The monoisotopic (exact) mass is 301 g/mol. The van der Waals surface area contributed by atoms with Gasteiger partial charge in [-0.3, -0.25) is 4.79 Å². The van der Waals surface area contributed by atoms with Gasteiger partial charge in [0.15, 0.2) is 0 Å². The Kier molecular flexibility index (Phi) is 4.10. The van der Waals surface area contributed by atoms with E-state index in [-0.39, 0.29) is 30.3 Å². The van der Waals surface area contributed by atoms with E-state index in [9.17, 15) is 17.6 Å². The number of aliphatic carboxylic acids is 1. The second kappa shape index (κ2) is 5.49. The number of rotatable bonds is 4. The van der Waals surface area contributed by atoms with Crippen molar-refractivity contribution < 1.29 is 22.7 Å². The molecule has 20 heavy (non-hydrogen) atoms. The van der Waals surface area contributed by atoms with Crippen molar-refractivity contribution in [1.29, 1.82) is 0 Å². The lowest BCUT2D eigenvalue weighted by Crippen LogP contribution is -2.30. The summed E-state index contributed by atoms with van der Waals surface area (Å²) in [5, 5.41) is 8.73. The molecule has 0 bridgehead atoms. The second-order valence-electron chi connectivity index (χ2n) is 5.05. The van der Waals surface area contributed by atoms with Crippen LogP contribution >= 0.6 is 0 Å². The highest BCUT2D eigenvalue weighted by Gasteiger charge is 2.34. The Labute approximate surface area is 117 Å². The van der Waals surface area contributed by atoms with E-state index in [2.05, 4.69) is 0 Å². The van der Waals surface area contributed by atoms with Gasteiger partial charge >= 0.3 is 5.97 Å². The molecule has 0 saturated carbocycles. The van der Waals surface area contributed by atoms with Crippen LogP contribution in [0.1, 0.15) is 18.4 Å². The standard InChI is InChI=1S/C13H16FNO4S/c1-9-2-3-11(14)12(6-9)20(18,19)15-5-4-10(8-15)7-13(16)17/h2-3,6,10H,4-5,7-8H2,1H3,(H,16,17). The Morgan fingerprint density at radius 2 is 2.20 bits per heavy atom. The molecule has 0 aromatic heterocycles. The van der Waals surface area contributed by atoms with Gasteiger partial charge in [0, 0.05) is 19.5 Å². The van der Waals surface area contributed by atoms with Crippen molar-refractivity contribution in [3.05, 3.63) is 29.6 Å². The molecule has 1 fully saturated rings. The van der Waals surface area contributed by atoms with Crippen molar-refractivity contribution in [2.45, 2.75) is 24.7 Å². The number of carboxylic acid groups (broad SMARTS) is 1. The number of hydrogen-bond acceptors (Lipinski definition) is 3. The van der Waals surface area contributed by atoms with E-state index in [1.165, 1.54) is 16.4 Å². The molecule has 0 spiro atoms. The quantitative estimate of drug-likeness (QED) is 0.917. The Hall–Kier alpha value is -1.47. The number of aryl methyl sites for hydroxylation is 1. The minimum atomic E-state index is -3.90. The molecular formula is C13H16FNO4S. The lowest BCUT2D eigenvalue weighted by atomic mass is 10.1. The highest BCUT2D eigenvalue weighted by Crippen LogP contribution is 2.27. The van der Waals surface area contributed by atoms with Crippen LogP contribution in [0.15, 0.2) is 23.1 Å². The largest absolute Gasteiger partial charge is 0.481 e. The van der Waals surface area contributed by atoms with E-state index in [0.29, 0.717) is 12.0 Å². The average molecular weight is 301 g/mol. The zero-order chi connectivity index (χ0) is 14.9. The average Bonchev–Trinajstić information content (AvgIpc) is 2.80. The number of carbonyl (C=O) groups is 1. The Balaban J connectivity index is 2.24. The van der Waals surface area contributed by atoms with Crippen molar-refractivity contribution in [2.24, 2.45) is 5.92 Å². The van der Waals surface area contributed by atoms with Gasteiger partial charge in [-0.25, -0.2) is 12.8 Å². The van der Waals surface area contributed by atoms with Gasteiger partial charge in [0.2, 0.25) is 10.0 Å². The predicted molar refractivity (Wildman–Crippen MR) is 70.3 cm³/mol. The number of sulfonamides is 1. The van der Waals surface area contributed by atoms with Crippen LogP contribution in [-0.2, 0) is 14.8 Å². The van der Waals surface area contributed by atoms with Crippen molar-refractivity contribution in [3.63, 3.8) is 0 Å². The van der Waals surface area contributed by atoms with E-state index in [1.54, 1.807) is 6.92 Å². The Bertz CT molecular complexity index is 629. The molecule has 1 heterocycles. The maximum atomic E-state index is 13.7. The molecule has 5 nitrogen and oxygen atoms in total. The summed E-state index contributed by atoms with van der Waals surface area (Å²) < 4.78 is 39.6. The maximum absolute atomic E-state index is 13.7. The number of benzene rings is 1. The summed E-state index contributed by atoms with van der Waals surface area (Å²) in [5.74, 6) is -1.94. The van der Waals surface area contributed by atoms with E-state index in [4.69, 9.17) is 5.11 Å². The summed E-state index contributed by atoms with van der Waals surface area (Å²) in [6.45, 7) is 2.05. The third kappa shape index (κ3) is 2.99. The smallest absolute Gasteiger partial charge is 0.303 e. The summed E-state index contributed by atoms with van der Waals surface area (Å²) in [6.07, 6.45) is 0.418. The first kappa shape index (κ1) is 14.9. The Morgan fingerprint density at radius 1 is 1.50 bits per heavy atom. The molecule has 1 aliphatic heterocycles. The van der Waals surface area contributed by atoms with E-state index in [0.717, 1.165) is 6.07 Å². The fourth-order valence-electron chi connectivity index (χ4n) is 2.38. The van der Waals surface area contributed by atoms with Gasteiger partial charge in [-0.2, -0.15) is 4.31 Å². The van der Waals surface area contributed by atoms with Gasteiger partial charge in [-0.1, -0.05) is 6.07 Å². The SMILES string of the molecule is Cc1ccc(F)c(S(=O)(=O)N2CCC(CC(=O)O)C2)c1. The minimum absolute atomic E-state index is 0.0671. The normalized spacial score (nSPS) is 20.2. The minimum Gasteiger partial charge on any atom is -0.481 e. The third-order valence-electron chi connectivity index (χ3n) is 3.42. The van der Waals surface area contributed by atoms with Crippen molar-refractivity contribution >= 4 is 16.0 Å². The summed E-state index contributed by atoms with van der Waals surface area (Å²) >= 11 is 0. The zero-order valence-corrected chi connectivity index (χ0v) is 11.9. The zero-order valence-electron chi connectivity index (χ0n) is 11.0. The molecule has 2 rings (SSSR count). The summed E-state index contributed by atoms with van der Waals surface area (Å²) in [4.78, 5) is 10.3. The fraction of sp³-hybridized carbons (Fsp3) is 0.462. The lowest BCUT2D eigenvalue weighted by Gasteiger charge is -2.17. The van der Waals surface area contributed by atoms with Crippen molar-refractivity contribution in [3.8, 4) is 0 Å². The number of carboxylic acids is 1. The van der Waals surface area contributed by atoms with E-state index >= 15 is 0 Å². The summed E-state index contributed by atoms with van der Waals surface area (Å²) in [7, 11) is -3.90. The molecule has 7 heteroatoms. The first-order valence-electron chi connectivity index (χ1n) is 6.29. The van der Waals surface area contributed by atoms with Crippen LogP contribution in [-0.4, -0.2) is 36.9 Å². The topological polar surface area (TPSA) is 74.7 Å². The van der Waals surface area contributed by atoms with Crippen LogP contribution < -0.4 is 0 Å². The molecule has 1 N–H and O–H groups in total. The number of nitrogens with zero attached hydrogens (tertiary/aromatic N) is 1. The van der Waals surface area contributed by atoms with E-state index in [1.807, 2.05) is 0 Å². The summed E-state index contributed by atoms with van der Waals surface area (Å²) in [5.41, 5.74) is 0.659. The second-order valence-corrected chi connectivity index (χ2v) is 6.96. The van der Waals surface area contributed by atoms with Gasteiger partial charge in [-0.15, -0.1) is 0 Å². The molecule has 1 atom stereocenters. The fourth-order valence-corrected chi connectivity index (χ4v) is 4.06. The molecule has 0 radical (unpaired) electrons. The first-order chi connectivity index (χ1) is 9.30. The van der Waals surface area contributed by atoms with Crippen molar-refractivity contribution in [2.75, 3.05) is 13.1 Å². The van der Waals surface area contributed by atoms with Gasteiger partial charge in [0.1, 0.15) is 10.7 Å². The van der Waals surface area contributed by atoms with E-state index < -0.39 is 21.8 Å².